The van der Waals surface area contributed by atoms with Crippen LogP contribution in [0.25, 0.3) is 0 Å². The molecule has 0 radical (unpaired) electrons. The number of aliphatic imine (C=N–C) groups is 1. The predicted molar refractivity (Wildman–Crippen MR) is 49.1 cm³/mol. The van der Waals surface area contributed by atoms with Crippen LogP contribution < -0.4 is 0 Å². The number of nitrogens with zero attached hydrogens (tertiary/aromatic N) is 1. The molecule has 0 saturated carbocycles. The monoisotopic (exact) mass is 221 g/mol. The molecule has 0 aliphatic heterocycles. The quantitative estimate of drug-likeness (QED) is 0.375. The third-order valence-electron chi connectivity index (χ3n) is 1.15. The minimum Gasteiger partial charge on any atom is -0.210 e. The highest BCUT2D eigenvalue weighted by molar-refractivity contribution is 9.10. The summed E-state index contributed by atoms with van der Waals surface area (Å²) in [6.07, 6.45) is 1.34. The molecular weight excluding hydrogens is 218 g/mol. The van der Waals surface area contributed by atoms with E-state index in [-0.39, 0.29) is 0 Å². The first-order valence-corrected chi connectivity index (χ1v) is 3.95. The van der Waals surface area contributed by atoms with E-state index < -0.39 is 0 Å². The maximum absolute atomic E-state index is 9.65. The van der Waals surface area contributed by atoms with Crippen LogP contribution in [0.4, 0.5) is 0 Å². The van der Waals surface area contributed by atoms with Crippen molar-refractivity contribution in [1.29, 1.82) is 0 Å². The summed E-state index contributed by atoms with van der Waals surface area (Å²) in [5, 5.41) is 0. The average Bonchev–Trinajstić information content (AvgIpc) is 2.09. The number of benzene rings is 1. The van der Waals surface area contributed by atoms with Crippen LogP contribution >= 0.6 is 15.9 Å². The largest absolute Gasteiger partial charge is 0.249 e. The Morgan fingerprint density at radius 2 is 1.92 bits per heavy atom. The Kier molecular flexibility index (Phi) is 3.28. The third-order valence-corrected chi connectivity index (χ3v) is 1.67. The van der Waals surface area contributed by atoms with Crippen LogP contribution in [0.3, 0.4) is 0 Å². The molecule has 0 bridgehead atoms. The molecule has 3 heteroatoms. The molecule has 1 aromatic rings. The first kappa shape index (κ1) is 8.73. The third kappa shape index (κ3) is 2.71. The molecule has 0 heterocycles. The molecule has 0 saturated heterocycles. The van der Waals surface area contributed by atoms with E-state index in [2.05, 4.69) is 32.9 Å². The maximum Gasteiger partial charge on any atom is 0.249 e. The second-order valence-corrected chi connectivity index (χ2v) is 2.86. The molecule has 0 amide bonds. The SMILES string of the molecule is O=C=NC#Cc1ccc(Br)cc1. The standard InChI is InChI=1S/C9H4BrNO/c10-9-3-1-8(2-4-9)5-6-11-7-12/h1-4H. The van der Waals surface area contributed by atoms with Gasteiger partial charge in [-0.15, -0.1) is 4.99 Å². The molecular formula is C9H4BrNO. The van der Waals surface area contributed by atoms with Gasteiger partial charge >= 0.3 is 0 Å². The molecule has 0 unspecified atom stereocenters. The Morgan fingerprint density at radius 3 is 2.50 bits per heavy atom. The Balaban J connectivity index is 2.86. The topological polar surface area (TPSA) is 29.4 Å². The second kappa shape index (κ2) is 4.50. The molecule has 0 N–H and O–H groups in total. The van der Waals surface area contributed by atoms with Crippen molar-refractivity contribution < 1.29 is 4.79 Å². The van der Waals surface area contributed by atoms with Crippen molar-refractivity contribution in [3.05, 3.63) is 34.3 Å². The molecule has 0 aliphatic rings. The fourth-order valence-corrected chi connectivity index (χ4v) is 0.913. The number of rotatable bonds is 0. The zero-order valence-corrected chi connectivity index (χ0v) is 7.63. The molecule has 0 spiro atoms. The normalized spacial score (nSPS) is 7.75. The highest BCUT2D eigenvalue weighted by Gasteiger charge is 1.85. The van der Waals surface area contributed by atoms with E-state index in [1.807, 2.05) is 24.3 Å². The minimum atomic E-state index is 0.817. The first-order valence-electron chi connectivity index (χ1n) is 3.16. The van der Waals surface area contributed by atoms with Gasteiger partial charge in [0.05, 0.1) is 6.04 Å². The van der Waals surface area contributed by atoms with Gasteiger partial charge in [0.15, 0.2) is 0 Å². The summed E-state index contributed by atoms with van der Waals surface area (Å²) in [6.45, 7) is 0. The van der Waals surface area contributed by atoms with Crippen LogP contribution in [-0.4, -0.2) is 6.08 Å². The Bertz CT molecular complexity index is 366. The number of carbonyl (C=O) groups excluding carboxylic acids is 1. The van der Waals surface area contributed by atoms with Gasteiger partial charge in [-0.1, -0.05) is 15.9 Å². The molecule has 12 heavy (non-hydrogen) atoms. The van der Waals surface area contributed by atoms with E-state index >= 15 is 0 Å². The number of isocyanates is 1. The van der Waals surface area contributed by atoms with Crippen molar-refractivity contribution in [2.24, 2.45) is 4.99 Å². The molecule has 0 aliphatic carbocycles. The Morgan fingerprint density at radius 1 is 1.25 bits per heavy atom. The van der Waals surface area contributed by atoms with Crippen molar-refractivity contribution in [2.45, 2.75) is 0 Å². The average molecular weight is 222 g/mol. The first-order chi connectivity index (χ1) is 5.83. The Hall–Kier alpha value is -1.36. The lowest BCUT2D eigenvalue weighted by Gasteiger charge is -1.88. The van der Waals surface area contributed by atoms with Crippen molar-refractivity contribution in [3.8, 4) is 12.0 Å². The van der Waals surface area contributed by atoms with Gasteiger partial charge in [-0.25, -0.2) is 4.79 Å². The summed E-state index contributed by atoms with van der Waals surface area (Å²) >= 11 is 3.29. The van der Waals surface area contributed by atoms with Crippen molar-refractivity contribution >= 4 is 22.0 Å². The van der Waals surface area contributed by atoms with Gasteiger partial charge in [-0.3, -0.25) is 0 Å². The number of hydrogen-bond donors (Lipinski definition) is 0. The van der Waals surface area contributed by atoms with Crippen LogP contribution in [0.5, 0.6) is 0 Å². The molecule has 2 nitrogen and oxygen atoms in total. The van der Waals surface area contributed by atoms with Crippen molar-refractivity contribution in [3.63, 3.8) is 0 Å². The summed E-state index contributed by atoms with van der Waals surface area (Å²) < 4.78 is 0.993. The van der Waals surface area contributed by atoms with Gasteiger partial charge in [0.1, 0.15) is 0 Å². The van der Waals surface area contributed by atoms with Gasteiger partial charge in [-0.05, 0) is 30.2 Å². The lowest BCUT2D eigenvalue weighted by Crippen LogP contribution is -1.71. The van der Waals surface area contributed by atoms with Gasteiger partial charge in [0.25, 0.3) is 0 Å². The Labute approximate surface area is 78.4 Å². The van der Waals surface area contributed by atoms with Gasteiger partial charge in [0.2, 0.25) is 6.08 Å². The molecule has 58 valence electrons. The lowest BCUT2D eigenvalue weighted by molar-refractivity contribution is 0.565. The zero-order valence-electron chi connectivity index (χ0n) is 6.04. The smallest absolute Gasteiger partial charge is 0.210 e. The minimum absolute atomic E-state index is 0.817. The lowest BCUT2D eigenvalue weighted by atomic mass is 10.2. The van der Waals surface area contributed by atoms with Gasteiger partial charge in [-0.2, -0.15) is 0 Å². The summed E-state index contributed by atoms with van der Waals surface area (Å²) in [6, 6.07) is 9.71. The summed E-state index contributed by atoms with van der Waals surface area (Å²) in [5.74, 6) is 2.67. The fraction of sp³-hybridized carbons (Fsp3) is 0. The highest BCUT2D eigenvalue weighted by Crippen LogP contribution is 2.09. The fourth-order valence-electron chi connectivity index (χ4n) is 0.649. The van der Waals surface area contributed by atoms with Crippen LogP contribution in [0.1, 0.15) is 5.56 Å². The predicted octanol–water partition coefficient (Wildman–Crippen LogP) is 2.09. The summed E-state index contributed by atoms with van der Waals surface area (Å²) in [7, 11) is 0. The van der Waals surface area contributed by atoms with Crippen molar-refractivity contribution in [2.75, 3.05) is 0 Å². The van der Waals surface area contributed by atoms with E-state index in [4.69, 9.17) is 0 Å². The van der Waals surface area contributed by atoms with E-state index in [9.17, 15) is 4.79 Å². The van der Waals surface area contributed by atoms with Crippen LogP contribution in [-0.2, 0) is 4.79 Å². The van der Waals surface area contributed by atoms with E-state index in [1.54, 1.807) is 0 Å². The summed E-state index contributed by atoms with van der Waals surface area (Å²) in [5.41, 5.74) is 0.817. The van der Waals surface area contributed by atoms with Crippen LogP contribution in [0.15, 0.2) is 33.7 Å². The van der Waals surface area contributed by atoms with Crippen molar-refractivity contribution in [1.82, 2.24) is 0 Å². The molecule has 1 rings (SSSR count). The molecule has 0 fully saturated rings. The van der Waals surface area contributed by atoms with E-state index in [0.717, 1.165) is 10.0 Å². The maximum atomic E-state index is 9.65. The van der Waals surface area contributed by atoms with Gasteiger partial charge in [0, 0.05) is 10.0 Å². The second-order valence-electron chi connectivity index (χ2n) is 1.95. The molecule has 0 aromatic heterocycles. The van der Waals surface area contributed by atoms with Crippen LogP contribution in [0.2, 0.25) is 0 Å². The van der Waals surface area contributed by atoms with E-state index in [0.29, 0.717) is 0 Å². The number of hydrogen-bond acceptors (Lipinski definition) is 2. The van der Waals surface area contributed by atoms with Crippen LogP contribution in [0, 0.1) is 12.0 Å². The van der Waals surface area contributed by atoms with Gasteiger partial charge < -0.3 is 0 Å². The zero-order chi connectivity index (χ0) is 8.81. The highest BCUT2D eigenvalue weighted by atomic mass is 79.9. The number of halogens is 1. The van der Waals surface area contributed by atoms with E-state index in [1.165, 1.54) is 6.08 Å². The molecule has 1 aromatic carbocycles. The molecule has 0 atom stereocenters. The summed E-state index contributed by atoms with van der Waals surface area (Å²) in [4.78, 5) is 12.8.